The average molecular weight is 241 g/mol. The standard InChI is InChI=1S/C12H17Br/c1-10(2)12(13)9-8-11-6-4-3-5-7-11/h3-7,10,12H,8-9H2,1-2H3. The first-order valence-corrected chi connectivity index (χ1v) is 5.79. The summed E-state index contributed by atoms with van der Waals surface area (Å²) in [5.41, 5.74) is 1.44. The van der Waals surface area contributed by atoms with E-state index in [0.29, 0.717) is 4.83 Å². The van der Waals surface area contributed by atoms with Gasteiger partial charge in [-0.25, -0.2) is 0 Å². The van der Waals surface area contributed by atoms with Gasteiger partial charge in [-0.2, -0.15) is 0 Å². The van der Waals surface area contributed by atoms with E-state index < -0.39 is 0 Å². The molecule has 0 aromatic heterocycles. The molecular formula is C12H17Br. The Hall–Kier alpha value is -0.300. The van der Waals surface area contributed by atoms with Crippen LogP contribution < -0.4 is 0 Å². The molecule has 0 radical (unpaired) electrons. The van der Waals surface area contributed by atoms with Crippen molar-refractivity contribution in [3.8, 4) is 0 Å². The van der Waals surface area contributed by atoms with Crippen molar-refractivity contribution >= 4 is 15.9 Å². The monoisotopic (exact) mass is 240 g/mol. The Labute approximate surface area is 89.5 Å². The third-order valence-electron chi connectivity index (χ3n) is 2.27. The molecule has 1 heteroatoms. The molecule has 1 atom stereocenters. The van der Waals surface area contributed by atoms with E-state index in [-0.39, 0.29) is 0 Å². The fraction of sp³-hybridized carbons (Fsp3) is 0.500. The predicted octanol–water partition coefficient (Wildman–Crippen LogP) is 4.04. The molecule has 0 aliphatic rings. The highest BCUT2D eigenvalue weighted by Gasteiger charge is 2.08. The van der Waals surface area contributed by atoms with Crippen LogP contribution >= 0.6 is 15.9 Å². The van der Waals surface area contributed by atoms with E-state index in [9.17, 15) is 0 Å². The van der Waals surface area contributed by atoms with Gasteiger partial charge in [0, 0.05) is 4.83 Å². The molecule has 0 amide bonds. The first-order valence-electron chi connectivity index (χ1n) is 4.88. The van der Waals surface area contributed by atoms with Gasteiger partial charge in [0.25, 0.3) is 0 Å². The van der Waals surface area contributed by atoms with E-state index in [1.54, 1.807) is 0 Å². The minimum Gasteiger partial charge on any atom is -0.0888 e. The minimum atomic E-state index is 0.646. The number of benzene rings is 1. The molecule has 0 nitrogen and oxygen atoms in total. The normalized spacial score (nSPS) is 13.2. The molecule has 0 spiro atoms. The fourth-order valence-corrected chi connectivity index (χ4v) is 1.51. The van der Waals surface area contributed by atoms with Crippen LogP contribution in [-0.4, -0.2) is 4.83 Å². The SMILES string of the molecule is CC(C)C(Br)CCc1ccccc1. The molecule has 0 saturated heterocycles. The molecule has 1 unspecified atom stereocenters. The lowest BCUT2D eigenvalue weighted by atomic mass is 10.0. The molecule has 1 aromatic rings. The third kappa shape index (κ3) is 3.95. The Balaban J connectivity index is 2.35. The molecule has 0 N–H and O–H groups in total. The van der Waals surface area contributed by atoms with Gasteiger partial charge in [0.15, 0.2) is 0 Å². The highest BCUT2D eigenvalue weighted by Crippen LogP contribution is 2.18. The first-order chi connectivity index (χ1) is 6.20. The maximum absolute atomic E-state index is 3.70. The van der Waals surface area contributed by atoms with Crippen LogP contribution in [0.5, 0.6) is 0 Å². The molecule has 1 aromatic carbocycles. The van der Waals surface area contributed by atoms with Crippen molar-refractivity contribution in [3.63, 3.8) is 0 Å². The van der Waals surface area contributed by atoms with E-state index in [1.807, 2.05) is 0 Å². The van der Waals surface area contributed by atoms with Gasteiger partial charge >= 0.3 is 0 Å². The molecule has 0 heterocycles. The maximum Gasteiger partial charge on any atom is 0.0172 e. The smallest absolute Gasteiger partial charge is 0.0172 e. The van der Waals surface area contributed by atoms with Crippen molar-refractivity contribution in [1.82, 2.24) is 0 Å². The van der Waals surface area contributed by atoms with Crippen molar-refractivity contribution in [1.29, 1.82) is 0 Å². The third-order valence-corrected chi connectivity index (χ3v) is 3.79. The second-order valence-corrected chi connectivity index (χ2v) is 4.96. The molecule has 13 heavy (non-hydrogen) atoms. The number of alkyl halides is 1. The van der Waals surface area contributed by atoms with Gasteiger partial charge in [-0.1, -0.05) is 60.1 Å². The van der Waals surface area contributed by atoms with Crippen molar-refractivity contribution in [3.05, 3.63) is 35.9 Å². The van der Waals surface area contributed by atoms with E-state index in [1.165, 1.54) is 18.4 Å². The topological polar surface area (TPSA) is 0 Å². The predicted molar refractivity (Wildman–Crippen MR) is 62.3 cm³/mol. The quantitative estimate of drug-likeness (QED) is 0.698. The molecule has 0 aliphatic heterocycles. The van der Waals surface area contributed by atoms with Crippen LogP contribution in [0, 0.1) is 5.92 Å². The largest absolute Gasteiger partial charge is 0.0888 e. The van der Waals surface area contributed by atoms with Crippen LogP contribution in [0.3, 0.4) is 0 Å². The van der Waals surface area contributed by atoms with Crippen molar-refractivity contribution in [2.24, 2.45) is 5.92 Å². The molecule has 0 saturated carbocycles. The Kier molecular flexibility index (Phi) is 4.51. The summed E-state index contributed by atoms with van der Waals surface area (Å²) in [4.78, 5) is 0.646. The Morgan fingerprint density at radius 2 is 1.77 bits per heavy atom. The van der Waals surface area contributed by atoms with Crippen LogP contribution in [-0.2, 0) is 6.42 Å². The number of hydrogen-bond donors (Lipinski definition) is 0. The second kappa shape index (κ2) is 5.43. The average Bonchev–Trinajstić information content (AvgIpc) is 2.15. The van der Waals surface area contributed by atoms with Crippen molar-refractivity contribution in [2.45, 2.75) is 31.5 Å². The zero-order valence-corrected chi connectivity index (χ0v) is 9.92. The number of rotatable bonds is 4. The minimum absolute atomic E-state index is 0.646. The maximum atomic E-state index is 3.70. The van der Waals surface area contributed by atoms with Gasteiger partial charge < -0.3 is 0 Å². The second-order valence-electron chi connectivity index (χ2n) is 3.78. The van der Waals surface area contributed by atoms with Crippen LogP contribution in [0.2, 0.25) is 0 Å². The van der Waals surface area contributed by atoms with Crippen molar-refractivity contribution in [2.75, 3.05) is 0 Å². The Bertz CT molecular complexity index is 228. The summed E-state index contributed by atoms with van der Waals surface area (Å²) in [5, 5.41) is 0. The number of hydrogen-bond acceptors (Lipinski definition) is 0. The Morgan fingerprint density at radius 1 is 1.15 bits per heavy atom. The molecule has 72 valence electrons. The molecule has 0 bridgehead atoms. The van der Waals surface area contributed by atoms with Gasteiger partial charge in [0.2, 0.25) is 0 Å². The molecule has 1 rings (SSSR count). The first kappa shape index (κ1) is 10.8. The number of halogens is 1. The van der Waals surface area contributed by atoms with Crippen molar-refractivity contribution < 1.29 is 0 Å². The van der Waals surface area contributed by atoms with Gasteiger partial charge in [0.05, 0.1) is 0 Å². The van der Waals surface area contributed by atoms with E-state index in [4.69, 9.17) is 0 Å². The van der Waals surface area contributed by atoms with E-state index >= 15 is 0 Å². The molecular weight excluding hydrogens is 224 g/mol. The summed E-state index contributed by atoms with van der Waals surface area (Å²) in [7, 11) is 0. The lowest BCUT2D eigenvalue weighted by molar-refractivity contribution is 0.582. The van der Waals surface area contributed by atoms with Gasteiger partial charge in [-0.3, -0.25) is 0 Å². The summed E-state index contributed by atoms with van der Waals surface area (Å²) in [6.07, 6.45) is 2.40. The lowest BCUT2D eigenvalue weighted by Crippen LogP contribution is -2.07. The summed E-state index contributed by atoms with van der Waals surface area (Å²) < 4.78 is 0. The zero-order chi connectivity index (χ0) is 9.68. The van der Waals surface area contributed by atoms with E-state index in [0.717, 1.165) is 5.92 Å². The fourth-order valence-electron chi connectivity index (χ4n) is 1.28. The van der Waals surface area contributed by atoms with E-state index in [2.05, 4.69) is 60.1 Å². The molecule has 0 fully saturated rings. The van der Waals surface area contributed by atoms with Crippen LogP contribution in [0.15, 0.2) is 30.3 Å². The Morgan fingerprint density at radius 3 is 2.31 bits per heavy atom. The van der Waals surface area contributed by atoms with Crippen LogP contribution in [0.4, 0.5) is 0 Å². The highest BCUT2D eigenvalue weighted by molar-refractivity contribution is 9.09. The van der Waals surface area contributed by atoms with Crippen LogP contribution in [0.25, 0.3) is 0 Å². The molecule has 0 aliphatic carbocycles. The van der Waals surface area contributed by atoms with Gasteiger partial charge in [-0.15, -0.1) is 0 Å². The van der Waals surface area contributed by atoms with Gasteiger partial charge in [-0.05, 0) is 24.3 Å². The zero-order valence-electron chi connectivity index (χ0n) is 8.33. The number of aryl methyl sites for hydroxylation is 1. The summed E-state index contributed by atoms with van der Waals surface area (Å²) >= 11 is 3.70. The summed E-state index contributed by atoms with van der Waals surface area (Å²) in [6.45, 7) is 4.51. The lowest BCUT2D eigenvalue weighted by Gasteiger charge is -2.12. The highest BCUT2D eigenvalue weighted by atomic mass is 79.9. The van der Waals surface area contributed by atoms with Crippen LogP contribution in [0.1, 0.15) is 25.8 Å². The van der Waals surface area contributed by atoms with Gasteiger partial charge in [0.1, 0.15) is 0 Å². The summed E-state index contributed by atoms with van der Waals surface area (Å²) in [5.74, 6) is 0.726. The summed E-state index contributed by atoms with van der Waals surface area (Å²) in [6, 6.07) is 10.7.